The van der Waals surface area contributed by atoms with Crippen LogP contribution in [0.15, 0.2) is 36.4 Å². The van der Waals surface area contributed by atoms with Crippen LogP contribution in [0.4, 0.5) is 4.39 Å². The smallest absolute Gasteiger partial charge is 0.341 e. The van der Waals surface area contributed by atoms with Gasteiger partial charge in [-0.05, 0) is 55.7 Å². The molecule has 0 aliphatic rings. The van der Waals surface area contributed by atoms with Crippen molar-refractivity contribution in [3.63, 3.8) is 0 Å². The Balaban J connectivity index is 1.91. The van der Waals surface area contributed by atoms with Gasteiger partial charge in [0.2, 0.25) is 0 Å². The molecular weight excluding hydrogens is 345 g/mol. The van der Waals surface area contributed by atoms with Gasteiger partial charge in [-0.15, -0.1) is 0 Å². The first kappa shape index (κ1) is 18.9. The highest BCUT2D eigenvalue weighted by molar-refractivity contribution is 6.30. The van der Waals surface area contributed by atoms with Crippen LogP contribution in [0.1, 0.15) is 40.0 Å². The summed E-state index contributed by atoms with van der Waals surface area (Å²) in [5, 5.41) is 2.92. The minimum Gasteiger partial charge on any atom is -0.452 e. The van der Waals surface area contributed by atoms with Crippen molar-refractivity contribution in [3.8, 4) is 0 Å². The minimum absolute atomic E-state index is 0.175. The SMILES string of the molecule is Cc1ccc([C@H](C)NC(=O)COC(=O)c2ccc(Cl)cc2F)cc1C. The van der Waals surface area contributed by atoms with E-state index in [0.717, 1.165) is 17.2 Å². The molecule has 0 radical (unpaired) electrons. The Bertz CT molecular complexity index is 807. The molecule has 1 amide bonds. The molecule has 0 unspecified atom stereocenters. The highest BCUT2D eigenvalue weighted by Gasteiger charge is 2.16. The Morgan fingerprint density at radius 1 is 1.16 bits per heavy atom. The first-order valence-corrected chi connectivity index (χ1v) is 8.14. The number of esters is 1. The highest BCUT2D eigenvalue weighted by Crippen LogP contribution is 2.17. The molecule has 132 valence electrons. The second-order valence-corrected chi connectivity index (χ2v) is 6.27. The number of rotatable bonds is 5. The van der Waals surface area contributed by atoms with E-state index < -0.39 is 24.3 Å². The fraction of sp³-hybridized carbons (Fsp3) is 0.263. The molecule has 0 bridgehead atoms. The van der Waals surface area contributed by atoms with Crippen LogP contribution in [0.5, 0.6) is 0 Å². The summed E-state index contributed by atoms with van der Waals surface area (Å²) in [6.45, 7) is 5.35. The average Bonchev–Trinajstić information content (AvgIpc) is 2.55. The second kappa shape index (κ2) is 8.12. The molecule has 2 aromatic carbocycles. The van der Waals surface area contributed by atoms with E-state index in [9.17, 15) is 14.0 Å². The van der Waals surface area contributed by atoms with Crippen molar-refractivity contribution >= 4 is 23.5 Å². The number of benzene rings is 2. The summed E-state index contributed by atoms with van der Waals surface area (Å²) in [7, 11) is 0. The summed E-state index contributed by atoms with van der Waals surface area (Å²) < 4.78 is 18.5. The molecule has 4 nitrogen and oxygen atoms in total. The first-order valence-electron chi connectivity index (χ1n) is 7.76. The van der Waals surface area contributed by atoms with Crippen LogP contribution in [0.2, 0.25) is 5.02 Å². The van der Waals surface area contributed by atoms with Crippen molar-refractivity contribution in [1.29, 1.82) is 0 Å². The van der Waals surface area contributed by atoms with Crippen molar-refractivity contribution in [3.05, 3.63) is 69.5 Å². The van der Waals surface area contributed by atoms with E-state index in [1.807, 2.05) is 39.0 Å². The molecule has 2 rings (SSSR count). The van der Waals surface area contributed by atoms with Crippen LogP contribution in [0, 0.1) is 19.7 Å². The fourth-order valence-electron chi connectivity index (χ4n) is 2.26. The van der Waals surface area contributed by atoms with Crippen LogP contribution < -0.4 is 5.32 Å². The summed E-state index contributed by atoms with van der Waals surface area (Å²) in [5.74, 6) is -2.17. The number of carbonyl (C=O) groups excluding carboxylic acids is 2. The highest BCUT2D eigenvalue weighted by atomic mass is 35.5. The molecule has 0 aliphatic heterocycles. The molecule has 25 heavy (non-hydrogen) atoms. The lowest BCUT2D eigenvalue weighted by Gasteiger charge is -2.16. The van der Waals surface area contributed by atoms with Gasteiger partial charge in [0, 0.05) is 5.02 Å². The maximum Gasteiger partial charge on any atom is 0.341 e. The third-order valence-electron chi connectivity index (χ3n) is 3.89. The summed E-state index contributed by atoms with van der Waals surface area (Å²) in [6.07, 6.45) is 0. The van der Waals surface area contributed by atoms with Gasteiger partial charge in [0.1, 0.15) is 5.82 Å². The maximum absolute atomic E-state index is 13.6. The molecule has 1 atom stereocenters. The van der Waals surface area contributed by atoms with Crippen LogP contribution >= 0.6 is 11.6 Å². The van der Waals surface area contributed by atoms with Gasteiger partial charge >= 0.3 is 5.97 Å². The molecule has 0 aromatic heterocycles. The summed E-state index contributed by atoms with van der Waals surface area (Å²) >= 11 is 5.63. The van der Waals surface area contributed by atoms with Crippen molar-refractivity contribution in [2.75, 3.05) is 6.61 Å². The molecule has 0 heterocycles. The molecule has 0 fully saturated rings. The second-order valence-electron chi connectivity index (χ2n) is 5.83. The van der Waals surface area contributed by atoms with Gasteiger partial charge in [-0.25, -0.2) is 9.18 Å². The molecule has 0 saturated heterocycles. The van der Waals surface area contributed by atoms with Crippen molar-refractivity contribution in [2.24, 2.45) is 0 Å². The Hall–Kier alpha value is -2.40. The predicted molar refractivity (Wildman–Crippen MR) is 94.2 cm³/mol. The lowest BCUT2D eigenvalue weighted by atomic mass is 10.0. The van der Waals surface area contributed by atoms with Crippen LogP contribution in [-0.2, 0) is 9.53 Å². The first-order chi connectivity index (χ1) is 11.8. The number of aryl methyl sites for hydroxylation is 2. The standard InChI is InChI=1S/C19H19ClFNO3/c1-11-4-5-14(8-12(11)2)13(3)22-18(23)10-25-19(24)16-7-6-15(20)9-17(16)21/h4-9,13H,10H2,1-3H3,(H,22,23)/t13-/m0/s1. The number of ether oxygens (including phenoxy) is 1. The topological polar surface area (TPSA) is 55.4 Å². The molecule has 0 spiro atoms. The van der Waals surface area contributed by atoms with Gasteiger partial charge in [0.25, 0.3) is 5.91 Å². The van der Waals surface area contributed by atoms with Gasteiger partial charge in [-0.1, -0.05) is 29.8 Å². The van der Waals surface area contributed by atoms with Crippen LogP contribution in [0.25, 0.3) is 0 Å². The van der Waals surface area contributed by atoms with E-state index in [4.69, 9.17) is 16.3 Å². The third kappa shape index (κ3) is 5.03. The van der Waals surface area contributed by atoms with E-state index in [1.54, 1.807) is 0 Å². The van der Waals surface area contributed by atoms with E-state index in [0.29, 0.717) is 0 Å². The van der Waals surface area contributed by atoms with Crippen molar-refractivity contribution in [1.82, 2.24) is 5.32 Å². The molecule has 1 N–H and O–H groups in total. The zero-order chi connectivity index (χ0) is 18.6. The number of hydrogen-bond acceptors (Lipinski definition) is 3. The Kier molecular flexibility index (Phi) is 6.15. The lowest BCUT2D eigenvalue weighted by Crippen LogP contribution is -2.31. The summed E-state index contributed by atoms with van der Waals surface area (Å²) in [5.41, 5.74) is 2.98. The van der Waals surface area contributed by atoms with Crippen molar-refractivity contribution in [2.45, 2.75) is 26.8 Å². The predicted octanol–water partition coefficient (Wildman–Crippen LogP) is 4.13. The zero-order valence-corrected chi connectivity index (χ0v) is 15.0. The lowest BCUT2D eigenvalue weighted by molar-refractivity contribution is -0.124. The van der Waals surface area contributed by atoms with Gasteiger partial charge in [0.05, 0.1) is 11.6 Å². The Morgan fingerprint density at radius 3 is 2.52 bits per heavy atom. The quantitative estimate of drug-likeness (QED) is 0.812. The van der Waals surface area contributed by atoms with E-state index in [1.165, 1.54) is 17.7 Å². The average molecular weight is 364 g/mol. The van der Waals surface area contributed by atoms with Gasteiger partial charge in [-0.3, -0.25) is 4.79 Å². The number of carbonyl (C=O) groups is 2. The summed E-state index contributed by atoms with van der Waals surface area (Å²) in [4.78, 5) is 23.8. The fourth-order valence-corrected chi connectivity index (χ4v) is 2.42. The number of hydrogen-bond donors (Lipinski definition) is 1. The number of nitrogens with one attached hydrogen (secondary N) is 1. The Labute approximate surface area is 150 Å². The molecule has 0 saturated carbocycles. The Morgan fingerprint density at radius 2 is 1.88 bits per heavy atom. The van der Waals surface area contributed by atoms with Crippen LogP contribution in [0.3, 0.4) is 0 Å². The van der Waals surface area contributed by atoms with E-state index in [-0.39, 0.29) is 16.6 Å². The molecule has 0 aliphatic carbocycles. The number of halogens is 2. The molecular formula is C19H19ClFNO3. The largest absolute Gasteiger partial charge is 0.452 e. The van der Waals surface area contributed by atoms with Gasteiger partial charge in [0.15, 0.2) is 6.61 Å². The van der Waals surface area contributed by atoms with Gasteiger partial charge < -0.3 is 10.1 Å². The maximum atomic E-state index is 13.6. The minimum atomic E-state index is -0.914. The number of amides is 1. The zero-order valence-electron chi connectivity index (χ0n) is 14.2. The summed E-state index contributed by atoms with van der Waals surface area (Å²) in [6, 6.07) is 9.28. The van der Waals surface area contributed by atoms with E-state index >= 15 is 0 Å². The molecule has 6 heteroatoms. The van der Waals surface area contributed by atoms with Gasteiger partial charge in [-0.2, -0.15) is 0 Å². The monoisotopic (exact) mass is 363 g/mol. The molecule has 2 aromatic rings. The third-order valence-corrected chi connectivity index (χ3v) is 4.13. The van der Waals surface area contributed by atoms with Crippen molar-refractivity contribution < 1.29 is 18.7 Å². The van der Waals surface area contributed by atoms with Crippen LogP contribution in [-0.4, -0.2) is 18.5 Å². The van der Waals surface area contributed by atoms with E-state index in [2.05, 4.69) is 5.32 Å². The normalized spacial score (nSPS) is 11.7.